The van der Waals surface area contributed by atoms with Gasteiger partial charge in [0.1, 0.15) is 5.69 Å². The maximum absolute atomic E-state index is 11.8. The molecule has 0 spiro atoms. The van der Waals surface area contributed by atoms with Gasteiger partial charge in [-0.05, 0) is 19.1 Å². The molecule has 2 rings (SSSR count). The fraction of sp³-hybridized carbons (Fsp3) is 0.250. The molecule has 1 atom stereocenters. The van der Waals surface area contributed by atoms with Gasteiger partial charge in [0.05, 0.1) is 12.7 Å². The third-order valence-corrected chi connectivity index (χ3v) is 3.18. The van der Waals surface area contributed by atoms with Gasteiger partial charge in [-0.2, -0.15) is 0 Å². The lowest BCUT2D eigenvalue weighted by Crippen LogP contribution is -2.34. The first-order valence-corrected chi connectivity index (χ1v) is 6.46. The van der Waals surface area contributed by atoms with Gasteiger partial charge in [0.2, 0.25) is 0 Å². The van der Waals surface area contributed by atoms with Crippen molar-refractivity contribution in [2.24, 2.45) is 0 Å². The molecule has 19 heavy (non-hydrogen) atoms. The minimum Gasteiger partial charge on any atom is -0.481 e. The lowest BCUT2D eigenvalue weighted by molar-refractivity contribution is -0.137. The molecule has 2 aromatic rings. The number of amides is 1. The molecule has 0 fully saturated rings. The highest BCUT2D eigenvalue weighted by Gasteiger charge is 2.16. The number of nitrogens with one attached hydrogen (secondary N) is 1. The number of nitrogens with zero attached hydrogens (tertiary/aromatic N) is 1. The summed E-state index contributed by atoms with van der Waals surface area (Å²) in [5, 5.41) is 13.4. The first-order valence-electron chi connectivity index (χ1n) is 5.58. The normalized spacial score (nSPS) is 12.1. The maximum atomic E-state index is 11.8. The summed E-state index contributed by atoms with van der Waals surface area (Å²) in [6.07, 6.45) is 1.41. The Morgan fingerprint density at radius 1 is 1.58 bits per heavy atom. The number of carbonyl (C=O) groups is 2. The zero-order valence-corrected chi connectivity index (χ0v) is 10.9. The Bertz CT molecular complexity index is 576. The van der Waals surface area contributed by atoms with Gasteiger partial charge in [-0.1, -0.05) is 0 Å². The van der Waals surface area contributed by atoms with Crippen molar-refractivity contribution in [1.29, 1.82) is 0 Å². The summed E-state index contributed by atoms with van der Waals surface area (Å²) in [6.45, 7) is 1.63. The van der Waals surface area contributed by atoms with Crippen molar-refractivity contribution in [2.75, 3.05) is 0 Å². The van der Waals surface area contributed by atoms with E-state index in [0.717, 1.165) is 0 Å². The van der Waals surface area contributed by atoms with Crippen LogP contribution in [-0.4, -0.2) is 28.0 Å². The zero-order chi connectivity index (χ0) is 13.8. The zero-order valence-electron chi connectivity index (χ0n) is 10.1. The molecule has 0 aromatic carbocycles. The summed E-state index contributed by atoms with van der Waals surface area (Å²) in [6, 6.07) is 3.05. The molecule has 6 nitrogen and oxygen atoms in total. The molecular weight excluding hydrogens is 268 g/mol. The van der Waals surface area contributed by atoms with Crippen LogP contribution in [0, 0.1) is 0 Å². The van der Waals surface area contributed by atoms with Gasteiger partial charge in [-0.15, -0.1) is 11.3 Å². The molecule has 0 bridgehead atoms. The van der Waals surface area contributed by atoms with E-state index in [-0.39, 0.29) is 18.0 Å². The predicted octanol–water partition coefficient (Wildman–Crippen LogP) is 2.00. The third-order valence-electron chi connectivity index (χ3n) is 2.33. The third kappa shape index (κ3) is 3.41. The molecule has 2 heterocycles. The molecule has 0 radical (unpaired) electrons. The van der Waals surface area contributed by atoms with Crippen LogP contribution in [0.5, 0.6) is 0 Å². The lowest BCUT2D eigenvalue weighted by Gasteiger charge is -2.09. The minimum atomic E-state index is -0.956. The van der Waals surface area contributed by atoms with Crippen molar-refractivity contribution in [1.82, 2.24) is 10.3 Å². The van der Waals surface area contributed by atoms with Crippen molar-refractivity contribution in [3.63, 3.8) is 0 Å². The highest BCUT2D eigenvalue weighted by atomic mass is 32.1. The van der Waals surface area contributed by atoms with Crippen LogP contribution >= 0.6 is 11.3 Å². The Kier molecular flexibility index (Phi) is 3.96. The number of aliphatic carboxylic acids is 1. The van der Waals surface area contributed by atoms with Crippen molar-refractivity contribution in [3.05, 3.63) is 29.5 Å². The van der Waals surface area contributed by atoms with E-state index < -0.39 is 12.0 Å². The molecule has 1 unspecified atom stereocenters. The molecule has 0 saturated carbocycles. The molecule has 0 saturated heterocycles. The summed E-state index contributed by atoms with van der Waals surface area (Å²) < 4.78 is 5.18. The molecular formula is C12H12N2O4S. The lowest BCUT2D eigenvalue weighted by atomic mass is 10.2. The summed E-state index contributed by atoms with van der Waals surface area (Å²) in [5.41, 5.74) is 0.258. The number of rotatable bonds is 5. The van der Waals surface area contributed by atoms with Crippen LogP contribution in [0.3, 0.4) is 0 Å². The van der Waals surface area contributed by atoms with E-state index in [1.54, 1.807) is 24.4 Å². The Balaban J connectivity index is 2.02. The second-order valence-electron chi connectivity index (χ2n) is 3.99. The Morgan fingerprint density at radius 2 is 2.37 bits per heavy atom. The molecule has 2 aromatic heterocycles. The van der Waals surface area contributed by atoms with Gasteiger partial charge in [-0.25, -0.2) is 4.98 Å². The average Bonchev–Trinajstić information content (AvgIpc) is 2.99. The Labute approximate surface area is 113 Å². The van der Waals surface area contributed by atoms with Crippen LogP contribution in [0.1, 0.15) is 23.8 Å². The van der Waals surface area contributed by atoms with Crippen molar-refractivity contribution in [3.8, 4) is 10.8 Å². The number of hydrogen-bond acceptors (Lipinski definition) is 5. The molecule has 1 amide bonds. The van der Waals surface area contributed by atoms with Crippen LogP contribution in [0.25, 0.3) is 10.8 Å². The van der Waals surface area contributed by atoms with Gasteiger partial charge in [0.25, 0.3) is 5.91 Å². The van der Waals surface area contributed by atoms with E-state index in [4.69, 9.17) is 9.52 Å². The number of hydrogen-bond donors (Lipinski definition) is 2. The van der Waals surface area contributed by atoms with Crippen molar-refractivity contribution in [2.45, 2.75) is 19.4 Å². The van der Waals surface area contributed by atoms with E-state index in [1.165, 1.54) is 17.6 Å². The van der Waals surface area contributed by atoms with Crippen LogP contribution in [-0.2, 0) is 4.79 Å². The van der Waals surface area contributed by atoms with Crippen molar-refractivity contribution >= 4 is 23.2 Å². The van der Waals surface area contributed by atoms with E-state index in [2.05, 4.69) is 10.3 Å². The number of carbonyl (C=O) groups excluding carboxylic acids is 1. The van der Waals surface area contributed by atoms with E-state index in [1.807, 2.05) is 0 Å². The topological polar surface area (TPSA) is 92.4 Å². The quantitative estimate of drug-likeness (QED) is 0.873. The van der Waals surface area contributed by atoms with Crippen LogP contribution in [0.4, 0.5) is 0 Å². The van der Waals surface area contributed by atoms with Crippen LogP contribution in [0.2, 0.25) is 0 Å². The summed E-state index contributed by atoms with van der Waals surface area (Å²) in [4.78, 5) is 26.5. The van der Waals surface area contributed by atoms with Gasteiger partial charge in [-0.3, -0.25) is 9.59 Å². The fourth-order valence-corrected chi connectivity index (χ4v) is 2.27. The molecule has 100 valence electrons. The Morgan fingerprint density at radius 3 is 3.00 bits per heavy atom. The van der Waals surface area contributed by atoms with Crippen LogP contribution < -0.4 is 5.32 Å². The number of thiazole rings is 1. The van der Waals surface area contributed by atoms with Gasteiger partial charge in [0.15, 0.2) is 10.8 Å². The van der Waals surface area contributed by atoms with E-state index in [0.29, 0.717) is 10.8 Å². The maximum Gasteiger partial charge on any atom is 0.305 e. The molecule has 0 aliphatic heterocycles. The van der Waals surface area contributed by atoms with E-state index >= 15 is 0 Å². The highest BCUT2D eigenvalue weighted by Crippen LogP contribution is 2.23. The summed E-state index contributed by atoms with van der Waals surface area (Å²) in [5.74, 6) is -0.743. The molecule has 0 aliphatic carbocycles. The Hall–Kier alpha value is -2.15. The highest BCUT2D eigenvalue weighted by molar-refractivity contribution is 7.13. The second kappa shape index (κ2) is 5.66. The summed E-state index contributed by atoms with van der Waals surface area (Å²) >= 11 is 1.29. The van der Waals surface area contributed by atoms with Gasteiger partial charge < -0.3 is 14.8 Å². The predicted molar refractivity (Wildman–Crippen MR) is 69.0 cm³/mol. The molecule has 0 aliphatic rings. The number of carboxylic acid groups (broad SMARTS) is 1. The summed E-state index contributed by atoms with van der Waals surface area (Å²) in [7, 11) is 0. The average molecular weight is 280 g/mol. The van der Waals surface area contributed by atoms with Gasteiger partial charge in [0, 0.05) is 11.4 Å². The van der Waals surface area contributed by atoms with Crippen LogP contribution in [0.15, 0.2) is 28.2 Å². The smallest absolute Gasteiger partial charge is 0.305 e. The van der Waals surface area contributed by atoms with Gasteiger partial charge >= 0.3 is 5.97 Å². The fourth-order valence-electron chi connectivity index (χ4n) is 1.50. The number of carboxylic acids is 1. The van der Waals surface area contributed by atoms with Crippen molar-refractivity contribution < 1.29 is 19.1 Å². The first-order chi connectivity index (χ1) is 9.06. The molecule has 2 N–H and O–H groups in total. The van der Waals surface area contributed by atoms with E-state index in [9.17, 15) is 9.59 Å². The number of furan rings is 1. The number of aromatic nitrogens is 1. The second-order valence-corrected chi connectivity index (χ2v) is 4.85. The minimum absolute atomic E-state index is 0.124. The molecule has 7 heteroatoms. The SMILES string of the molecule is CC(CC(=O)O)NC(=O)c1csc(-c2ccco2)n1. The largest absolute Gasteiger partial charge is 0.481 e. The standard InChI is InChI=1S/C12H12N2O4S/c1-7(5-10(15)16)13-11(17)8-6-19-12(14-8)9-3-2-4-18-9/h2-4,6-7H,5H2,1H3,(H,13,17)(H,15,16). The first kappa shape index (κ1) is 13.3. The monoisotopic (exact) mass is 280 g/mol.